The van der Waals surface area contributed by atoms with E-state index in [4.69, 9.17) is 23.2 Å². The van der Waals surface area contributed by atoms with Crippen LogP contribution in [0, 0.1) is 6.92 Å². The summed E-state index contributed by atoms with van der Waals surface area (Å²) in [5.41, 5.74) is 1.72. The van der Waals surface area contributed by atoms with Gasteiger partial charge in [0.1, 0.15) is 0 Å². The molecule has 1 N–H and O–H groups in total. The predicted octanol–water partition coefficient (Wildman–Crippen LogP) is 3.89. The Morgan fingerprint density at radius 3 is 2.21 bits per heavy atom. The Morgan fingerprint density at radius 1 is 1.00 bits per heavy atom. The summed E-state index contributed by atoms with van der Waals surface area (Å²) in [7, 11) is 0. The molecule has 2 aromatic carbocycles. The number of amides is 1. The normalized spacial score (nSPS) is 11.1. The summed E-state index contributed by atoms with van der Waals surface area (Å²) < 4.78 is -1.51. The summed E-state index contributed by atoms with van der Waals surface area (Å²) in [5, 5.41) is 2.58. The lowest BCUT2D eigenvalue weighted by atomic mass is 10.1. The number of carbonyl (C=O) groups is 1. The fraction of sp³-hybridized carbons (Fsp3) is 0.0667. The largest absolute Gasteiger partial charge is 0.317 e. The standard InChI is InChI=1S/C15H12Cl2NO/c1-11-7-5-6-10-13(11)15(16,17)18-14(19)12-8-3-2-4-9-12/h2-10H,1H2,(H,18,19). The Balaban J connectivity index is 2.23. The van der Waals surface area contributed by atoms with E-state index in [1.165, 1.54) is 0 Å². The average Bonchev–Trinajstić information content (AvgIpc) is 2.39. The van der Waals surface area contributed by atoms with E-state index in [-0.39, 0.29) is 5.91 Å². The van der Waals surface area contributed by atoms with E-state index >= 15 is 0 Å². The first kappa shape index (κ1) is 13.9. The van der Waals surface area contributed by atoms with E-state index in [0.29, 0.717) is 16.7 Å². The van der Waals surface area contributed by atoms with Crippen LogP contribution in [0.1, 0.15) is 21.5 Å². The zero-order valence-electron chi connectivity index (χ0n) is 10.1. The van der Waals surface area contributed by atoms with Gasteiger partial charge in [0.25, 0.3) is 5.91 Å². The molecule has 2 nitrogen and oxygen atoms in total. The minimum atomic E-state index is -1.51. The Bertz CT molecular complexity index is 582. The van der Waals surface area contributed by atoms with Gasteiger partial charge in [0.15, 0.2) is 0 Å². The molecule has 0 aliphatic rings. The van der Waals surface area contributed by atoms with Crippen molar-refractivity contribution >= 4 is 29.1 Å². The third kappa shape index (κ3) is 3.28. The van der Waals surface area contributed by atoms with E-state index in [2.05, 4.69) is 12.2 Å². The van der Waals surface area contributed by atoms with Crippen LogP contribution in [0.3, 0.4) is 0 Å². The molecule has 1 radical (unpaired) electrons. The van der Waals surface area contributed by atoms with Gasteiger partial charge in [-0.05, 0) is 24.6 Å². The lowest BCUT2D eigenvalue weighted by Crippen LogP contribution is -2.37. The highest BCUT2D eigenvalue weighted by atomic mass is 35.5. The molecule has 0 fully saturated rings. The van der Waals surface area contributed by atoms with Crippen LogP contribution in [0.4, 0.5) is 0 Å². The molecule has 4 heteroatoms. The molecule has 1 amide bonds. The number of hydrogen-bond acceptors (Lipinski definition) is 1. The van der Waals surface area contributed by atoms with E-state index in [1.54, 1.807) is 42.5 Å². The molecule has 0 saturated carbocycles. The molecule has 0 saturated heterocycles. The summed E-state index contributed by atoms with van der Waals surface area (Å²) in [4.78, 5) is 12.0. The first-order valence-electron chi connectivity index (χ1n) is 5.67. The van der Waals surface area contributed by atoms with Crippen molar-refractivity contribution in [2.75, 3.05) is 0 Å². The third-order valence-electron chi connectivity index (χ3n) is 2.66. The summed E-state index contributed by atoms with van der Waals surface area (Å²) in [6, 6.07) is 15.9. The quantitative estimate of drug-likeness (QED) is 0.675. The molecule has 0 atom stereocenters. The third-order valence-corrected chi connectivity index (χ3v) is 3.26. The van der Waals surface area contributed by atoms with Crippen LogP contribution >= 0.6 is 23.2 Å². The molecular formula is C15H12Cl2NO. The number of nitrogens with one attached hydrogen (secondary N) is 1. The first-order valence-corrected chi connectivity index (χ1v) is 6.43. The van der Waals surface area contributed by atoms with Gasteiger partial charge in [0.05, 0.1) is 0 Å². The molecule has 19 heavy (non-hydrogen) atoms. The molecule has 2 rings (SSSR count). The smallest absolute Gasteiger partial charge is 0.253 e. The topological polar surface area (TPSA) is 29.1 Å². The maximum atomic E-state index is 12.0. The van der Waals surface area contributed by atoms with Gasteiger partial charge in [0.2, 0.25) is 4.46 Å². The second-order valence-electron chi connectivity index (χ2n) is 4.05. The van der Waals surface area contributed by atoms with Crippen molar-refractivity contribution in [2.24, 2.45) is 0 Å². The van der Waals surface area contributed by atoms with Crippen LogP contribution < -0.4 is 5.32 Å². The van der Waals surface area contributed by atoms with Gasteiger partial charge in [-0.1, -0.05) is 65.7 Å². The van der Waals surface area contributed by atoms with Gasteiger partial charge in [-0.2, -0.15) is 0 Å². The maximum Gasteiger partial charge on any atom is 0.253 e. The molecule has 0 aliphatic carbocycles. The van der Waals surface area contributed by atoms with Crippen molar-refractivity contribution in [2.45, 2.75) is 4.46 Å². The first-order chi connectivity index (χ1) is 9.00. The van der Waals surface area contributed by atoms with Crippen molar-refractivity contribution in [3.63, 3.8) is 0 Å². The number of hydrogen-bond donors (Lipinski definition) is 1. The van der Waals surface area contributed by atoms with Gasteiger partial charge in [-0.15, -0.1) is 0 Å². The van der Waals surface area contributed by atoms with Crippen molar-refractivity contribution in [1.82, 2.24) is 5.32 Å². The van der Waals surface area contributed by atoms with Gasteiger partial charge in [-0.3, -0.25) is 4.79 Å². The second kappa shape index (κ2) is 5.64. The Labute approximate surface area is 122 Å². The molecule has 0 aromatic heterocycles. The van der Waals surface area contributed by atoms with E-state index in [9.17, 15) is 4.79 Å². The van der Waals surface area contributed by atoms with Crippen LogP contribution in [0.5, 0.6) is 0 Å². The monoisotopic (exact) mass is 292 g/mol. The zero-order valence-corrected chi connectivity index (χ0v) is 11.6. The molecule has 0 bridgehead atoms. The van der Waals surface area contributed by atoms with Crippen molar-refractivity contribution in [3.05, 3.63) is 78.2 Å². The molecule has 2 aromatic rings. The Hall–Kier alpha value is -1.51. The molecule has 0 spiro atoms. The number of benzene rings is 2. The van der Waals surface area contributed by atoms with Crippen LogP contribution in [0.15, 0.2) is 54.6 Å². The van der Waals surface area contributed by atoms with Crippen LogP contribution in [-0.4, -0.2) is 5.91 Å². The number of carbonyl (C=O) groups excluding carboxylic acids is 1. The van der Waals surface area contributed by atoms with Crippen molar-refractivity contribution in [1.29, 1.82) is 0 Å². The van der Waals surface area contributed by atoms with Crippen LogP contribution in [0.25, 0.3) is 0 Å². The Morgan fingerprint density at radius 2 is 1.58 bits per heavy atom. The van der Waals surface area contributed by atoms with Gasteiger partial charge < -0.3 is 5.32 Å². The summed E-state index contributed by atoms with van der Waals surface area (Å²) in [6.45, 7) is 3.85. The van der Waals surface area contributed by atoms with Gasteiger partial charge in [-0.25, -0.2) is 0 Å². The molecular weight excluding hydrogens is 281 g/mol. The van der Waals surface area contributed by atoms with Crippen LogP contribution in [-0.2, 0) is 4.46 Å². The fourth-order valence-electron chi connectivity index (χ4n) is 1.70. The highest BCUT2D eigenvalue weighted by Gasteiger charge is 2.30. The van der Waals surface area contributed by atoms with Crippen molar-refractivity contribution < 1.29 is 4.79 Å². The SMILES string of the molecule is [CH2]c1ccccc1C(Cl)(Cl)NC(=O)c1ccccc1. The second-order valence-corrected chi connectivity index (χ2v) is 5.38. The lowest BCUT2D eigenvalue weighted by molar-refractivity contribution is 0.0942. The van der Waals surface area contributed by atoms with E-state index < -0.39 is 4.46 Å². The predicted molar refractivity (Wildman–Crippen MR) is 78.2 cm³/mol. The summed E-state index contributed by atoms with van der Waals surface area (Å²) >= 11 is 12.4. The van der Waals surface area contributed by atoms with E-state index in [1.807, 2.05) is 12.1 Å². The molecule has 0 heterocycles. The average molecular weight is 293 g/mol. The highest BCUT2D eigenvalue weighted by molar-refractivity contribution is 6.48. The molecule has 0 unspecified atom stereocenters. The zero-order chi connectivity index (χ0) is 13.9. The summed E-state index contributed by atoms with van der Waals surface area (Å²) in [6.07, 6.45) is 0. The maximum absolute atomic E-state index is 12.0. The van der Waals surface area contributed by atoms with E-state index in [0.717, 1.165) is 0 Å². The Kier molecular flexibility index (Phi) is 4.13. The fourth-order valence-corrected chi connectivity index (χ4v) is 2.24. The minimum Gasteiger partial charge on any atom is -0.317 e. The molecule has 97 valence electrons. The molecule has 0 aliphatic heterocycles. The minimum absolute atomic E-state index is 0.339. The summed E-state index contributed by atoms with van der Waals surface area (Å²) in [5.74, 6) is -0.339. The number of rotatable bonds is 3. The number of halogens is 2. The van der Waals surface area contributed by atoms with Gasteiger partial charge in [0, 0.05) is 11.1 Å². The van der Waals surface area contributed by atoms with Crippen LogP contribution in [0.2, 0.25) is 0 Å². The number of alkyl halides is 2. The van der Waals surface area contributed by atoms with Crippen molar-refractivity contribution in [3.8, 4) is 0 Å². The highest BCUT2D eigenvalue weighted by Crippen LogP contribution is 2.33. The van der Waals surface area contributed by atoms with Gasteiger partial charge >= 0.3 is 0 Å². The lowest BCUT2D eigenvalue weighted by Gasteiger charge is -2.23.